The van der Waals surface area contributed by atoms with Gasteiger partial charge in [0.15, 0.2) is 8.32 Å². The summed E-state index contributed by atoms with van der Waals surface area (Å²) in [7, 11) is -1.83. The lowest BCUT2D eigenvalue weighted by molar-refractivity contribution is 0.0406. The Morgan fingerprint density at radius 3 is 2.42 bits per heavy atom. The fraction of sp³-hybridized carbons (Fsp3) is 0.571. The molecule has 2 atom stereocenters. The number of aliphatic hydroxyl groups is 1. The predicted octanol–water partition coefficient (Wildman–Crippen LogP) is 5.07. The van der Waals surface area contributed by atoms with E-state index in [0.29, 0.717) is 6.61 Å². The normalized spacial score (nSPS) is 22.5. The minimum atomic E-state index is -1.83. The molecule has 142 valence electrons. The first kappa shape index (κ1) is 19.3. The SMILES string of the molecule is CC1(C)C(O)c2ccccc2C1n1cncc1CO[Si](C)(C)C(C)(C)C. The lowest BCUT2D eigenvalue weighted by Gasteiger charge is -2.37. The molecular weight excluding hydrogens is 340 g/mol. The van der Waals surface area contributed by atoms with E-state index in [0.717, 1.165) is 11.3 Å². The van der Waals surface area contributed by atoms with Crippen LogP contribution in [-0.2, 0) is 11.0 Å². The summed E-state index contributed by atoms with van der Waals surface area (Å²) in [6, 6.07) is 8.24. The summed E-state index contributed by atoms with van der Waals surface area (Å²) in [6.45, 7) is 16.1. The molecule has 0 bridgehead atoms. The van der Waals surface area contributed by atoms with Crippen LogP contribution >= 0.6 is 0 Å². The molecule has 26 heavy (non-hydrogen) atoms. The number of hydrogen-bond acceptors (Lipinski definition) is 3. The van der Waals surface area contributed by atoms with Gasteiger partial charge in [-0.05, 0) is 29.3 Å². The third-order valence-electron chi connectivity index (χ3n) is 6.41. The highest BCUT2D eigenvalue weighted by Gasteiger charge is 2.47. The molecule has 0 aliphatic heterocycles. The van der Waals surface area contributed by atoms with Crippen LogP contribution in [0.25, 0.3) is 0 Å². The number of aliphatic hydroxyl groups excluding tert-OH is 1. The van der Waals surface area contributed by atoms with Gasteiger partial charge < -0.3 is 14.1 Å². The third kappa shape index (κ3) is 3.06. The van der Waals surface area contributed by atoms with Gasteiger partial charge in [0, 0.05) is 5.41 Å². The van der Waals surface area contributed by atoms with Crippen molar-refractivity contribution >= 4 is 8.32 Å². The Morgan fingerprint density at radius 2 is 1.81 bits per heavy atom. The predicted molar refractivity (Wildman–Crippen MR) is 108 cm³/mol. The van der Waals surface area contributed by atoms with E-state index in [1.807, 2.05) is 30.7 Å². The maximum absolute atomic E-state index is 10.9. The number of hydrogen-bond donors (Lipinski definition) is 1. The number of nitrogens with zero attached hydrogens (tertiary/aromatic N) is 2. The van der Waals surface area contributed by atoms with Crippen molar-refractivity contribution in [2.75, 3.05) is 0 Å². The van der Waals surface area contributed by atoms with Crippen LogP contribution in [0.2, 0.25) is 18.1 Å². The summed E-state index contributed by atoms with van der Waals surface area (Å²) < 4.78 is 8.63. The topological polar surface area (TPSA) is 47.3 Å². The summed E-state index contributed by atoms with van der Waals surface area (Å²) in [6.07, 6.45) is 3.29. The highest BCUT2D eigenvalue weighted by molar-refractivity contribution is 6.74. The highest BCUT2D eigenvalue weighted by Crippen LogP contribution is 2.54. The first-order valence-electron chi connectivity index (χ1n) is 9.38. The Hall–Kier alpha value is -1.43. The average Bonchev–Trinajstić information content (AvgIpc) is 3.06. The largest absolute Gasteiger partial charge is 0.411 e. The van der Waals surface area contributed by atoms with Crippen LogP contribution in [0.1, 0.15) is 63.6 Å². The molecule has 0 radical (unpaired) electrons. The Balaban J connectivity index is 1.94. The van der Waals surface area contributed by atoms with Crippen molar-refractivity contribution in [2.24, 2.45) is 5.41 Å². The molecule has 3 rings (SSSR count). The fourth-order valence-electron chi connectivity index (χ4n) is 3.62. The Morgan fingerprint density at radius 1 is 1.19 bits per heavy atom. The molecule has 0 saturated heterocycles. The second-order valence-electron chi connectivity index (χ2n) is 9.60. The number of rotatable bonds is 4. The standard InChI is InChI=1S/C21H32N2O2Si/c1-20(2,3)26(6,7)25-13-15-12-22-14-23(15)18-16-10-8-9-11-17(16)19(24)21(18,4)5/h8-12,14,18-19,24H,13H2,1-7H3. The number of fused-ring (bicyclic) bond motifs is 1. The van der Waals surface area contributed by atoms with E-state index in [1.165, 1.54) is 5.56 Å². The molecule has 1 N–H and O–H groups in total. The third-order valence-corrected chi connectivity index (χ3v) is 10.9. The van der Waals surface area contributed by atoms with Crippen LogP contribution in [0, 0.1) is 5.41 Å². The fourth-order valence-corrected chi connectivity index (χ4v) is 4.56. The van der Waals surface area contributed by atoms with Gasteiger partial charge in [0.2, 0.25) is 0 Å². The van der Waals surface area contributed by atoms with E-state index in [9.17, 15) is 5.11 Å². The minimum Gasteiger partial charge on any atom is -0.411 e. The van der Waals surface area contributed by atoms with Crippen LogP contribution in [0.15, 0.2) is 36.8 Å². The summed E-state index contributed by atoms with van der Waals surface area (Å²) in [5, 5.41) is 11.1. The van der Waals surface area contributed by atoms with Gasteiger partial charge in [-0.1, -0.05) is 58.9 Å². The zero-order valence-electron chi connectivity index (χ0n) is 17.1. The second-order valence-corrected chi connectivity index (χ2v) is 14.4. The van der Waals surface area contributed by atoms with E-state index in [-0.39, 0.29) is 16.5 Å². The monoisotopic (exact) mass is 372 g/mol. The van der Waals surface area contributed by atoms with Crippen molar-refractivity contribution in [2.45, 2.75) is 71.5 Å². The Bertz CT molecular complexity index is 789. The second kappa shape index (κ2) is 6.32. The maximum atomic E-state index is 10.9. The molecule has 4 nitrogen and oxygen atoms in total. The van der Waals surface area contributed by atoms with Gasteiger partial charge in [0.25, 0.3) is 0 Å². The molecule has 1 aromatic carbocycles. The molecule has 0 saturated carbocycles. The van der Waals surface area contributed by atoms with Crippen molar-refractivity contribution in [1.29, 1.82) is 0 Å². The zero-order valence-corrected chi connectivity index (χ0v) is 18.1. The van der Waals surface area contributed by atoms with Gasteiger partial charge in [-0.15, -0.1) is 0 Å². The van der Waals surface area contributed by atoms with Gasteiger partial charge in [-0.3, -0.25) is 0 Å². The maximum Gasteiger partial charge on any atom is 0.192 e. The molecule has 2 aromatic rings. The van der Waals surface area contributed by atoms with Crippen LogP contribution in [0.3, 0.4) is 0 Å². The molecule has 5 heteroatoms. The molecule has 0 amide bonds. The lowest BCUT2D eigenvalue weighted by Crippen LogP contribution is -2.40. The van der Waals surface area contributed by atoms with E-state index in [2.05, 4.69) is 63.3 Å². The smallest absolute Gasteiger partial charge is 0.192 e. The minimum absolute atomic E-state index is 0.0502. The molecule has 0 fully saturated rings. The molecule has 2 unspecified atom stereocenters. The van der Waals surface area contributed by atoms with E-state index in [1.54, 1.807) is 0 Å². The summed E-state index contributed by atoms with van der Waals surface area (Å²) >= 11 is 0. The van der Waals surface area contributed by atoms with Gasteiger partial charge in [-0.25, -0.2) is 4.98 Å². The van der Waals surface area contributed by atoms with Crippen molar-refractivity contribution in [1.82, 2.24) is 9.55 Å². The number of benzene rings is 1. The Kier molecular flexibility index (Phi) is 4.70. The first-order valence-corrected chi connectivity index (χ1v) is 12.3. The van der Waals surface area contributed by atoms with E-state index in [4.69, 9.17) is 4.43 Å². The van der Waals surface area contributed by atoms with Crippen molar-refractivity contribution in [3.05, 3.63) is 53.6 Å². The zero-order chi connectivity index (χ0) is 19.3. The lowest BCUT2D eigenvalue weighted by atomic mass is 9.83. The van der Waals surface area contributed by atoms with Gasteiger partial charge in [-0.2, -0.15) is 0 Å². The summed E-state index contributed by atoms with van der Waals surface area (Å²) in [4.78, 5) is 4.41. The molecule has 1 aliphatic carbocycles. The Labute approximate surface area is 158 Å². The van der Waals surface area contributed by atoms with E-state index >= 15 is 0 Å². The van der Waals surface area contributed by atoms with Crippen LogP contribution in [0.4, 0.5) is 0 Å². The van der Waals surface area contributed by atoms with Crippen LogP contribution in [0.5, 0.6) is 0 Å². The van der Waals surface area contributed by atoms with Gasteiger partial charge in [0.1, 0.15) is 0 Å². The molecule has 0 spiro atoms. The summed E-state index contributed by atoms with van der Waals surface area (Å²) in [5.74, 6) is 0. The number of imidazole rings is 1. The molecule has 1 aromatic heterocycles. The van der Waals surface area contributed by atoms with Gasteiger partial charge >= 0.3 is 0 Å². The molecular formula is C21H32N2O2Si. The van der Waals surface area contributed by atoms with Crippen molar-refractivity contribution in [3.63, 3.8) is 0 Å². The van der Waals surface area contributed by atoms with E-state index < -0.39 is 14.4 Å². The van der Waals surface area contributed by atoms with Crippen molar-refractivity contribution in [3.8, 4) is 0 Å². The quantitative estimate of drug-likeness (QED) is 0.762. The molecule has 1 heterocycles. The highest BCUT2D eigenvalue weighted by atomic mass is 28.4. The average molecular weight is 373 g/mol. The molecule has 1 aliphatic rings. The van der Waals surface area contributed by atoms with Gasteiger partial charge in [0.05, 0.1) is 37.0 Å². The first-order chi connectivity index (χ1) is 12.0. The number of aromatic nitrogens is 2. The summed E-state index contributed by atoms with van der Waals surface area (Å²) in [5.41, 5.74) is 2.96. The van der Waals surface area contributed by atoms with Crippen LogP contribution < -0.4 is 0 Å². The van der Waals surface area contributed by atoms with Crippen LogP contribution in [-0.4, -0.2) is 23.0 Å². The van der Waals surface area contributed by atoms with Crippen molar-refractivity contribution < 1.29 is 9.53 Å².